The number of hydrogen-bond donors (Lipinski definition) is 1. The van der Waals surface area contributed by atoms with Crippen LogP contribution in [0.15, 0.2) is 51.7 Å². The number of halogens is 1. The molecule has 10 heteroatoms. The molecule has 0 bridgehead atoms. The average molecular weight is 409 g/mol. The van der Waals surface area contributed by atoms with E-state index in [4.69, 9.17) is 16.3 Å². The molecule has 1 aromatic heterocycles. The Morgan fingerprint density at radius 2 is 2.04 bits per heavy atom. The van der Waals surface area contributed by atoms with Crippen molar-refractivity contribution < 1.29 is 9.66 Å². The maximum Gasteiger partial charge on any atom is 0.270 e. The molecule has 2 aromatic carbocycles. The molecular formula is C16H13ClN4O3S2. The van der Waals surface area contributed by atoms with E-state index in [1.807, 2.05) is 24.3 Å². The molecule has 0 atom stereocenters. The van der Waals surface area contributed by atoms with Crippen LogP contribution < -0.4 is 10.1 Å². The van der Waals surface area contributed by atoms with E-state index in [-0.39, 0.29) is 5.69 Å². The van der Waals surface area contributed by atoms with Crippen molar-refractivity contribution in [3.63, 3.8) is 0 Å². The van der Waals surface area contributed by atoms with Gasteiger partial charge < -0.3 is 10.1 Å². The second kappa shape index (κ2) is 8.35. The standard InChI is InChI=1S/C16H13ClN4O3S2/c1-24-12-5-2-10(3-6-12)9-18-15-19-20-16(26-15)25-14-7-4-11(21(22)23)8-13(14)17/h2-8H,9H2,1H3,(H,18,19). The van der Waals surface area contributed by atoms with Gasteiger partial charge in [-0.3, -0.25) is 10.1 Å². The van der Waals surface area contributed by atoms with Gasteiger partial charge in [-0.05, 0) is 23.8 Å². The predicted molar refractivity (Wildman–Crippen MR) is 102 cm³/mol. The van der Waals surface area contributed by atoms with Crippen molar-refractivity contribution in [2.75, 3.05) is 12.4 Å². The van der Waals surface area contributed by atoms with Gasteiger partial charge >= 0.3 is 0 Å². The summed E-state index contributed by atoms with van der Waals surface area (Å²) in [5.74, 6) is 0.809. The van der Waals surface area contributed by atoms with Gasteiger partial charge in [-0.15, -0.1) is 10.2 Å². The Morgan fingerprint density at radius 1 is 1.27 bits per heavy atom. The smallest absolute Gasteiger partial charge is 0.270 e. The van der Waals surface area contributed by atoms with Gasteiger partial charge in [0.1, 0.15) is 5.75 Å². The van der Waals surface area contributed by atoms with E-state index in [9.17, 15) is 10.1 Å². The number of nitrogens with zero attached hydrogens (tertiary/aromatic N) is 3. The van der Waals surface area contributed by atoms with E-state index in [0.717, 1.165) is 11.3 Å². The van der Waals surface area contributed by atoms with E-state index in [2.05, 4.69) is 15.5 Å². The molecule has 26 heavy (non-hydrogen) atoms. The first kappa shape index (κ1) is 18.4. The molecule has 7 nitrogen and oxygen atoms in total. The average Bonchev–Trinajstić information content (AvgIpc) is 3.09. The number of anilines is 1. The van der Waals surface area contributed by atoms with E-state index in [1.54, 1.807) is 13.2 Å². The fourth-order valence-corrected chi connectivity index (χ4v) is 4.02. The topological polar surface area (TPSA) is 90.2 Å². The predicted octanol–water partition coefficient (Wildman–Crippen LogP) is 4.87. The lowest BCUT2D eigenvalue weighted by molar-refractivity contribution is -0.384. The molecule has 134 valence electrons. The van der Waals surface area contributed by atoms with E-state index in [0.29, 0.717) is 25.9 Å². The zero-order chi connectivity index (χ0) is 18.5. The van der Waals surface area contributed by atoms with Crippen molar-refractivity contribution in [1.29, 1.82) is 0 Å². The van der Waals surface area contributed by atoms with Crippen LogP contribution >= 0.6 is 34.7 Å². The summed E-state index contributed by atoms with van der Waals surface area (Å²) in [7, 11) is 1.63. The summed E-state index contributed by atoms with van der Waals surface area (Å²) in [6.07, 6.45) is 0. The van der Waals surface area contributed by atoms with Gasteiger partial charge in [0.25, 0.3) is 5.69 Å². The normalized spacial score (nSPS) is 10.5. The summed E-state index contributed by atoms with van der Waals surface area (Å²) in [6.45, 7) is 0.613. The van der Waals surface area contributed by atoms with Gasteiger partial charge in [-0.25, -0.2) is 0 Å². The van der Waals surface area contributed by atoms with Crippen LogP contribution in [0.3, 0.4) is 0 Å². The van der Waals surface area contributed by atoms with Crippen molar-refractivity contribution in [3.8, 4) is 5.75 Å². The van der Waals surface area contributed by atoms with Gasteiger partial charge in [0.05, 0.1) is 17.1 Å². The number of non-ortho nitro benzene ring substituents is 1. The van der Waals surface area contributed by atoms with Gasteiger partial charge in [0.2, 0.25) is 5.13 Å². The number of aromatic nitrogens is 2. The van der Waals surface area contributed by atoms with E-state index >= 15 is 0 Å². The second-order valence-corrected chi connectivity index (χ2v) is 7.72. The number of nitro benzene ring substituents is 1. The molecule has 0 fully saturated rings. The fraction of sp³-hybridized carbons (Fsp3) is 0.125. The molecule has 0 aliphatic rings. The Balaban J connectivity index is 1.61. The molecule has 0 radical (unpaired) electrons. The molecule has 0 saturated carbocycles. The van der Waals surface area contributed by atoms with Crippen LogP contribution in [0.2, 0.25) is 5.02 Å². The lowest BCUT2D eigenvalue weighted by atomic mass is 10.2. The van der Waals surface area contributed by atoms with Crippen molar-refractivity contribution >= 4 is 45.5 Å². The summed E-state index contributed by atoms with van der Waals surface area (Å²) in [4.78, 5) is 11.0. The number of benzene rings is 2. The highest BCUT2D eigenvalue weighted by molar-refractivity contribution is 8.01. The molecular weight excluding hydrogens is 396 g/mol. The van der Waals surface area contributed by atoms with Crippen molar-refractivity contribution in [2.45, 2.75) is 15.8 Å². The second-order valence-electron chi connectivity index (χ2n) is 5.05. The Kier molecular flexibility index (Phi) is 5.92. The van der Waals surface area contributed by atoms with Crippen molar-refractivity contribution in [2.24, 2.45) is 0 Å². The SMILES string of the molecule is COc1ccc(CNc2nnc(Sc3ccc([N+](=O)[O-])cc3Cl)s2)cc1. The summed E-state index contributed by atoms with van der Waals surface area (Å²) in [6, 6.07) is 12.1. The zero-order valence-electron chi connectivity index (χ0n) is 13.5. The van der Waals surface area contributed by atoms with E-state index < -0.39 is 4.92 Å². The van der Waals surface area contributed by atoms with Crippen LogP contribution in [0, 0.1) is 10.1 Å². The summed E-state index contributed by atoms with van der Waals surface area (Å²) in [5, 5.41) is 23.2. The molecule has 3 aromatic rings. The monoisotopic (exact) mass is 408 g/mol. The molecule has 0 spiro atoms. The van der Waals surface area contributed by atoms with Crippen LogP contribution in [0.1, 0.15) is 5.56 Å². The Hall–Kier alpha value is -2.36. The number of nitro groups is 1. The molecule has 0 aliphatic heterocycles. The maximum absolute atomic E-state index is 10.8. The Labute approximate surface area is 162 Å². The third-order valence-electron chi connectivity index (χ3n) is 3.33. The van der Waals surface area contributed by atoms with Gasteiger partial charge in [-0.2, -0.15) is 0 Å². The van der Waals surface area contributed by atoms with Crippen molar-refractivity contribution in [1.82, 2.24) is 10.2 Å². The minimum absolute atomic E-state index is 0.0431. The number of rotatable bonds is 7. The van der Waals surface area contributed by atoms with Crippen LogP contribution in [-0.2, 0) is 6.54 Å². The highest BCUT2D eigenvalue weighted by atomic mass is 35.5. The molecule has 1 heterocycles. The minimum Gasteiger partial charge on any atom is -0.497 e. The third-order valence-corrected chi connectivity index (χ3v) is 5.77. The molecule has 1 N–H and O–H groups in total. The first-order chi connectivity index (χ1) is 12.5. The number of nitrogens with one attached hydrogen (secondary N) is 1. The lowest BCUT2D eigenvalue weighted by Crippen LogP contribution is -1.98. The minimum atomic E-state index is -0.480. The first-order valence-corrected chi connectivity index (χ1v) is 9.38. The summed E-state index contributed by atoms with van der Waals surface area (Å²) >= 11 is 8.80. The Bertz CT molecular complexity index is 918. The Morgan fingerprint density at radius 3 is 2.69 bits per heavy atom. The molecule has 0 saturated heterocycles. The third kappa shape index (κ3) is 4.63. The zero-order valence-corrected chi connectivity index (χ0v) is 15.9. The number of ether oxygens (including phenoxy) is 1. The largest absolute Gasteiger partial charge is 0.497 e. The van der Waals surface area contributed by atoms with Gasteiger partial charge in [-0.1, -0.05) is 46.8 Å². The number of methoxy groups -OCH3 is 1. The molecule has 0 aliphatic carbocycles. The van der Waals surface area contributed by atoms with Crippen LogP contribution in [0.5, 0.6) is 5.75 Å². The van der Waals surface area contributed by atoms with Gasteiger partial charge in [0, 0.05) is 23.6 Å². The number of hydrogen-bond acceptors (Lipinski definition) is 8. The molecule has 3 rings (SSSR count). The van der Waals surface area contributed by atoms with Gasteiger partial charge in [0.15, 0.2) is 4.34 Å². The molecule has 0 unspecified atom stereocenters. The lowest BCUT2D eigenvalue weighted by Gasteiger charge is -2.04. The molecule has 0 amide bonds. The highest BCUT2D eigenvalue weighted by Crippen LogP contribution is 2.37. The van der Waals surface area contributed by atoms with Crippen LogP contribution in [0.25, 0.3) is 0 Å². The van der Waals surface area contributed by atoms with Crippen LogP contribution in [0.4, 0.5) is 10.8 Å². The quantitative estimate of drug-likeness (QED) is 0.440. The van der Waals surface area contributed by atoms with Crippen LogP contribution in [-0.4, -0.2) is 22.2 Å². The maximum atomic E-state index is 10.8. The first-order valence-electron chi connectivity index (χ1n) is 7.37. The van der Waals surface area contributed by atoms with Crippen molar-refractivity contribution in [3.05, 3.63) is 63.2 Å². The summed E-state index contributed by atoms with van der Waals surface area (Å²) < 4.78 is 5.82. The fourth-order valence-electron chi connectivity index (χ4n) is 2.02. The summed E-state index contributed by atoms with van der Waals surface area (Å²) in [5.41, 5.74) is 1.05. The highest BCUT2D eigenvalue weighted by Gasteiger charge is 2.13. The van der Waals surface area contributed by atoms with E-state index in [1.165, 1.54) is 35.2 Å².